The van der Waals surface area contributed by atoms with Crippen LogP contribution < -0.4 is 103 Å². The van der Waals surface area contributed by atoms with Crippen molar-refractivity contribution in [1.29, 1.82) is 0 Å². The quantitative estimate of drug-likeness (QED) is 0.258. The van der Waals surface area contributed by atoms with Crippen LogP contribution in [0.4, 0.5) is 0 Å². The molecule has 0 aliphatic rings. The number of carbonyl (C=O) groups is 1. The molecule has 0 aliphatic carbocycles. The first-order chi connectivity index (χ1) is 5.66. The minimum atomic E-state index is -1.08. The summed E-state index contributed by atoms with van der Waals surface area (Å²) in [5, 5.41) is 6.89. The Balaban J connectivity index is -0.00000000821. The van der Waals surface area contributed by atoms with E-state index in [1.165, 1.54) is 0 Å². The third-order valence-electron chi connectivity index (χ3n) is 0. The van der Waals surface area contributed by atoms with Crippen LogP contribution >= 0.6 is 26.1 Å². The summed E-state index contributed by atoms with van der Waals surface area (Å²) in [6.45, 7) is -0.250. The van der Waals surface area contributed by atoms with E-state index in [0.29, 0.717) is 0 Å². The third kappa shape index (κ3) is 594. The summed E-state index contributed by atoms with van der Waals surface area (Å²) in [6, 6.07) is 0. The van der Waals surface area contributed by atoms with Crippen LogP contribution in [-0.4, -0.2) is 17.1 Å². The van der Waals surface area contributed by atoms with Gasteiger partial charge in [0.2, 0.25) is 0 Å². The minimum Gasteiger partial charge on any atom is -0.772 e. The molecule has 15 heteroatoms. The molecule has 0 aromatic heterocycles. The summed E-state index contributed by atoms with van der Waals surface area (Å²) in [7, 11) is -3.25. The van der Waals surface area contributed by atoms with E-state index in [2.05, 4.69) is 0 Å². The molecular formula is CH4Na3O9P3. The largest absolute Gasteiger partial charge is 1.00 e. The zero-order valence-corrected chi connectivity index (χ0v) is 17.4. The van der Waals surface area contributed by atoms with E-state index in [1.807, 2.05) is 0 Å². The maximum Gasteiger partial charge on any atom is 1.00 e. The summed E-state index contributed by atoms with van der Waals surface area (Å²) >= 11 is 0. The fourth-order valence-corrected chi connectivity index (χ4v) is 0. The molecule has 0 spiro atoms. The molecule has 0 heterocycles. The van der Waals surface area contributed by atoms with E-state index >= 15 is 0 Å². The standard InChI is InChI=1S/CH2O2.3Na.3HO2P.H2O/c2-1-3;;;;3*1-3-2;/h1H,(H,2,3);;;;3*(H,1,2);1H2/q;3*+1;;;;/p-3. The molecule has 0 amide bonds. The molecule has 0 radical (unpaired) electrons. The summed E-state index contributed by atoms with van der Waals surface area (Å²) in [6.07, 6.45) is 0. The van der Waals surface area contributed by atoms with Gasteiger partial charge in [-0.15, -0.1) is 0 Å². The fraction of sp³-hybridized carbons (Fsp3) is 0. The maximum atomic E-state index is 8.36. The molecule has 0 aromatic carbocycles. The summed E-state index contributed by atoms with van der Waals surface area (Å²) in [5.74, 6) is 0. The second kappa shape index (κ2) is 111. The average molecular weight is 322 g/mol. The third-order valence-corrected chi connectivity index (χ3v) is 0. The molecule has 0 fully saturated rings. The Morgan fingerprint density at radius 1 is 0.812 bits per heavy atom. The van der Waals surface area contributed by atoms with Crippen molar-refractivity contribution in [3.63, 3.8) is 0 Å². The van der Waals surface area contributed by atoms with E-state index in [0.717, 1.165) is 0 Å². The van der Waals surface area contributed by atoms with Crippen LogP contribution in [0.3, 0.4) is 0 Å². The zero-order valence-electron chi connectivity index (χ0n) is 8.72. The zero-order chi connectivity index (χ0) is 10.8. The van der Waals surface area contributed by atoms with Crippen LogP contribution in [-0.2, 0) is 18.5 Å². The van der Waals surface area contributed by atoms with Crippen molar-refractivity contribution in [2.75, 3.05) is 0 Å². The van der Waals surface area contributed by atoms with Crippen molar-refractivity contribution in [3.05, 3.63) is 0 Å². The van der Waals surface area contributed by atoms with Gasteiger partial charge in [0.1, 0.15) is 0 Å². The van der Waals surface area contributed by atoms with Crippen LogP contribution in [0.2, 0.25) is 0 Å². The molecule has 0 bridgehead atoms. The second-order valence-corrected chi connectivity index (χ2v) is 0.776. The van der Waals surface area contributed by atoms with Gasteiger partial charge in [0.25, 0.3) is 6.47 Å². The normalized spacial score (nSPS) is 4.69. The Kier molecular flexibility index (Phi) is 356. The van der Waals surface area contributed by atoms with E-state index in [4.69, 9.17) is 38.3 Å². The fourth-order valence-electron chi connectivity index (χ4n) is 0. The molecule has 0 aliphatic heterocycles. The van der Waals surface area contributed by atoms with Crippen LogP contribution in [0.1, 0.15) is 0 Å². The van der Waals surface area contributed by atoms with Crippen molar-refractivity contribution in [2.45, 2.75) is 0 Å². The van der Waals surface area contributed by atoms with Gasteiger partial charge in [-0.2, -0.15) is 0 Å². The molecule has 0 saturated carbocycles. The number of rotatable bonds is 0. The van der Waals surface area contributed by atoms with Crippen molar-refractivity contribution in [1.82, 2.24) is 0 Å². The number of hydrogen-bond acceptors (Lipinski definition) is 7. The Bertz CT molecular complexity index is 80.0. The monoisotopic (exact) mass is 322 g/mol. The molecule has 9 nitrogen and oxygen atoms in total. The summed E-state index contributed by atoms with van der Waals surface area (Å²) in [4.78, 5) is 33.4. The van der Waals surface area contributed by atoms with Crippen LogP contribution in [0.25, 0.3) is 0 Å². The van der Waals surface area contributed by atoms with Crippen molar-refractivity contribution < 1.29 is 132 Å². The van der Waals surface area contributed by atoms with Gasteiger partial charge in [-0.25, -0.2) is 0 Å². The van der Waals surface area contributed by atoms with Crippen molar-refractivity contribution >= 4 is 32.5 Å². The van der Waals surface area contributed by atoms with Gasteiger partial charge in [-0.1, -0.05) is 0 Å². The number of hydrogen-bond donors (Lipinski definition) is 1. The van der Waals surface area contributed by atoms with Crippen LogP contribution in [0.5, 0.6) is 0 Å². The summed E-state index contributed by atoms with van der Waals surface area (Å²) in [5.41, 5.74) is 0. The Morgan fingerprint density at radius 2 is 0.812 bits per heavy atom. The average Bonchev–Trinajstić information content (AvgIpc) is 1.92. The van der Waals surface area contributed by atoms with Crippen LogP contribution in [0.15, 0.2) is 0 Å². The predicted molar refractivity (Wildman–Crippen MR) is 35.1 cm³/mol. The Hall–Kier alpha value is 2.61. The molecule has 0 aromatic rings. The van der Waals surface area contributed by atoms with Gasteiger partial charge in [0, 0.05) is 0 Å². The molecule has 0 unspecified atom stereocenters. The van der Waals surface area contributed by atoms with E-state index < -0.39 is 26.1 Å². The van der Waals surface area contributed by atoms with Gasteiger partial charge < -0.3 is 25.3 Å². The SMILES string of the molecule is O.O=CO.O=P[O-].O=P[O-].O=P[O-].[Na+].[Na+].[Na+]. The van der Waals surface area contributed by atoms with Crippen molar-refractivity contribution in [2.24, 2.45) is 0 Å². The van der Waals surface area contributed by atoms with E-state index in [1.54, 1.807) is 0 Å². The van der Waals surface area contributed by atoms with Crippen molar-refractivity contribution in [3.8, 4) is 0 Å². The van der Waals surface area contributed by atoms with Crippen LogP contribution in [0, 0.1) is 0 Å². The first-order valence-corrected chi connectivity index (χ1v) is 3.78. The minimum absolute atomic E-state index is 0. The maximum absolute atomic E-state index is 8.36. The van der Waals surface area contributed by atoms with Gasteiger partial charge in [-0.05, 0) is 0 Å². The molecule has 0 atom stereocenters. The van der Waals surface area contributed by atoms with Gasteiger partial charge >= 0.3 is 88.7 Å². The second-order valence-electron chi connectivity index (χ2n) is 0.329. The van der Waals surface area contributed by atoms with Gasteiger partial charge in [-0.3, -0.25) is 18.5 Å². The molecule has 3 N–H and O–H groups in total. The molecule has 16 heavy (non-hydrogen) atoms. The Morgan fingerprint density at radius 3 is 0.812 bits per heavy atom. The smallest absolute Gasteiger partial charge is 0.772 e. The Labute approximate surface area is 162 Å². The first kappa shape index (κ1) is 51.3. The first-order valence-electron chi connectivity index (χ1n) is 1.59. The number of carboxylic acid groups (broad SMARTS) is 1. The van der Waals surface area contributed by atoms with Gasteiger partial charge in [0.15, 0.2) is 0 Å². The predicted octanol–water partition coefficient (Wildman–Crippen LogP) is -11.5. The molecule has 80 valence electrons. The molecular weight excluding hydrogens is 318 g/mol. The van der Waals surface area contributed by atoms with E-state index in [9.17, 15) is 0 Å². The van der Waals surface area contributed by atoms with Gasteiger partial charge in [0.05, 0.1) is 26.1 Å². The molecule has 0 rings (SSSR count). The molecule has 0 saturated heterocycles. The van der Waals surface area contributed by atoms with E-state index in [-0.39, 0.29) is 101 Å². The topological polar surface area (TPSA) is 189 Å². The summed E-state index contributed by atoms with van der Waals surface area (Å²) < 4.78 is 25.0.